The monoisotopic (exact) mass is 252 g/mol. The Balaban J connectivity index is 1.88. The fourth-order valence-electron chi connectivity index (χ4n) is 2.11. The summed E-state index contributed by atoms with van der Waals surface area (Å²) in [5, 5.41) is 2.93. The van der Waals surface area contributed by atoms with E-state index >= 15 is 0 Å². The average molecular weight is 252 g/mol. The van der Waals surface area contributed by atoms with E-state index in [1.807, 2.05) is 31.1 Å². The first-order chi connectivity index (χ1) is 8.68. The summed E-state index contributed by atoms with van der Waals surface area (Å²) in [6.07, 6.45) is 3.16. The second-order valence-electron chi connectivity index (χ2n) is 4.74. The van der Waals surface area contributed by atoms with Crippen LogP contribution in [0.2, 0.25) is 0 Å². The molecule has 0 spiro atoms. The molecule has 0 unspecified atom stereocenters. The molecule has 5 heteroatoms. The van der Waals surface area contributed by atoms with E-state index in [0.717, 1.165) is 18.6 Å². The van der Waals surface area contributed by atoms with E-state index in [1.54, 1.807) is 6.26 Å². The van der Waals surface area contributed by atoms with Crippen LogP contribution in [0.4, 0.5) is 0 Å². The summed E-state index contributed by atoms with van der Waals surface area (Å²) in [6.45, 7) is 1.21. The fourth-order valence-corrected chi connectivity index (χ4v) is 2.11. The molecule has 0 aliphatic carbocycles. The van der Waals surface area contributed by atoms with Crippen molar-refractivity contribution in [1.29, 1.82) is 0 Å². The lowest BCUT2D eigenvalue weighted by molar-refractivity contribution is -0.130. The van der Waals surface area contributed by atoms with Gasteiger partial charge in [-0.2, -0.15) is 0 Å². The molecule has 1 amide bonds. The number of hydrogen-bond acceptors (Lipinski definition) is 4. The molecule has 1 aliphatic heterocycles. The van der Waals surface area contributed by atoms with Gasteiger partial charge in [0.15, 0.2) is 0 Å². The van der Waals surface area contributed by atoms with E-state index in [0.29, 0.717) is 13.2 Å². The van der Waals surface area contributed by atoms with Crippen molar-refractivity contribution in [3.8, 4) is 0 Å². The summed E-state index contributed by atoms with van der Waals surface area (Å²) >= 11 is 0. The summed E-state index contributed by atoms with van der Waals surface area (Å²) in [7, 11) is 3.93. The van der Waals surface area contributed by atoms with Crippen molar-refractivity contribution in [2.24, 2.45) is 0 Å². The van der Waals surface area contributed by atoms with Crippen molar-refractivity contribution in [3.63, 3.8) is 0 Å². The molecule has 1 aromatic heterocycles. The lowest BCUT2D eigenvalue weighted by Crippen LogP contribution is -2.39. The first kappa shape index (κ1) is 13.1. The maximum Gasteiger partial charge on any atom is 0.249 e. The highest BCUT2D eigenvalue weighted by atomic mass is 16.5. The largest absolute Gasteiger partial charge is 0.468 e. The summed E-state index contributed by atoms with van der Waals surface area (Å²) in [6, 6.07) is 3.82. The third-order valence-electron chi connectivity index (χ3n) is 3.19. The summed E-state index contributed by atoms with van der Waals surface area (Å²) < 4.78 is 10.7. The van der Waals surface area contributed by atoms with Gasteiger partial charge in [0.25, 0.3) is 0 Å². The van der Waals surface area contributed by atoms with Crippen LogP contribution in [0.25, 0.3) is 0 Å². The predicted octanol–water partition coefficient (Wildman–Crippen LogP) is 1.18. The highest BCUT2D eigenvalue weighted by Gasteiger charge is 2.25. The minimum Gasteiger partial charge on any atom is -0.468 e. The van der Waals surface area contributed by atoms with Gasteiger partial charge in [-0.3, -0.25) is 9.69 Å². The molecule has 1 saturated heterocycles. The van der Waals surface area contributed by atoms with Crippen LogP contribution in [-0.4, -0.2) is 44.2 Å². The van der Waals surface area contributed by atoms with Crippen molar-refractivity contribution in [2.75, 3.05) is 27.2 Å². The maximum absolute atomic E-state index is 11.9. The maximum atomic E-state index is 11.9. The molecule has 0 radical (unpaired) electrons. The molecule has 2 atom stereocenters. The van der Waals surface area contributed by atoms with E-state index in [1.165, 1.54) is 0 Å². The Labute approximate surface area is 107 Å². The van der Waals surface area contributed by atoms with Crippen molar-refractivity contribution >= 4 is 5.91 Å². The van der Waals surface area contributed by atoms with E-state index < -0.39 is 0 Å². The summed E-state index contributed by atoms with van der Waals surface area (Å²) in [5.74, 6) is 0.832. The van der Waals surface area contributed by atoms with Gasteiger partial charge in [0.2, 0.25) is 5.91 Å². The Morgan fingerprint density at radius 1 is 1.61 bits per heavy atom. The minimum absolute atomic E-state index is 0.0223. The molecule has 0 saturated carbocycles. The van der Waals surface area contributed by atoms with Gasteiger partial charge in [0, 0.05) is 13.2 Å². The molecule has 1 aliphatic rings. The van der Waals surface area contributed by atoms with Gasteiger partial charge in [0.05, 0.1) is 12.3 Å². The lowest BCUT2D eigenvalue weighted by atomic mass is 10.2. The number of carbonyl (C=O) groups is 1. The molecule has 18 heavy (non-hydrogen) atoms. The Bertz CT molecular complexity index is 370. The van der Waals surface area contributed by atoms with Gasteiger partial charge in [-0.1, -0.05) is 0 Å². The highest BCUT2D eigenvalue weighted by Crippen LogP contribution is 2.18. The number of nitrogens with zero attached hydrogens (tertiary/aromatic N) is 1. The zero-order valence-corrected chi connectivity index (χ0v) is 10.9. The molecule has 100 valence electrons. The molecule has 1 fully saturated rings. The Hall–Kier alpha value is -1.33. The van der Waals surface area contributed by atoms with Crippen molar-refractivity contribution in [1.82, 2.24) is 10.2 Å². The molecule has 1 N–H and O–H groups in total. The van der Waals surface area contributed by atoms with Crippen LogP contribution < -0.4 is 5.32 Å². The molecule has 0 aromatic carbocycles. The second kappa shape index (κ2) is 6.02. The van der Waals surface area contributed by atoms with Crippen LogP contribution in [0.3, 0.4) is 0 Å². The third kappa shape index (κ3) is 3.11. The van der Waals surface area contributed by atoms with Gasteiger partial charge < -0.3 is 14.5 Å². The van der Waals surface area contributed by atoms with Crippen LogP contribution in [0.1, 0.15) is 24.6 Å². The van der Waals surface area contributed by atoms with E-state index in [9.17, 15) is 4.79 Å². The van der Waals surface area contributed by atoms with Crippen molar-refractivity contribution in [3.05, 3.63) is 24.2 Å². The molecular weight excluding hydrogens is 232 g/mol. The second-order valence-corrected chi connectivity index (χ2v) is 4.74. The van der Waals surface area contributed by atoms with Crippen molar-refractivity contribution in [2.45, 2.75) is 25.0 Å². The number of ether oxygens (including phenoxy) is 1. The number of likely N-dealkylation sites (N-methyl/N-ethyl adjacent to an activating group) is 1. The van der Waals surface area contributed by atoms with Crippen LogP contribution in [0, 0.1) is 0 Å². The SMILES string of the molecule is CN(C)[C@@H](CNC(=O)[C@H]1CCCO1)c1ccco1. The first-order valence-electron chi connectivity index (χ1n) is 6.27. The molecule has 2 heterocycles. The fraction of sp³-hybridized carbons (Fsp3) is 0.615. The third-order valence-corrected chi connectivity index (χ3v) is 3.19. The van der Waals surface area contributed by atoms with Crippen LogP contribution in [-0.2, 0) is 9.53 Å². The molecule has 0 bridgehead atoms. The Morgan fingerprint density at radius 2 is 2.44 bits per heavy atom. The minimum atomic E-state index is -0.274. The van der Waals surface area contributed by atoms with Gasteiger partial charge in [-0.05, 0) is 39.1 Å². The quantitative estimate of drug-likeness (QED) is 0.855. The number of furan rings is 1. The van der Waals surface area contributed by atoms with Gasteiger partial charge in [-0.15, -0.1) is 0 Å². The Morgan fingerprint density at radius 3 is 3.00 bits per heavy atom. The molecular formula is C13H20N2O3. The smallest absolute Gasteiger partial charge is 0.249 e. The summed E-state index contributed by atoms with van der Waals surface area (Å²) in [4.78, 5) is 13.9. The van der Waals surface area contributed by atoms with E-state index in [2.05, 4.69) is 5.32 Å². The number of nitrogens with one attached hydrogen (secondary N) is 1. The zero-order valence-electron chi connectivity index (χ0n) is 10.9. The van der Waals surface area contributed by atoms with Crippen molar-refractivity contribution < 1.29 is 13.9 Å². The number of amides is 1. The zero-order chi connectivity index (χ0) is 13.0. The predicted molar refractivity (Wildman–Crippen MR) is 67.1 cm³/mol. The van der Waals surface area contributed by atoms with Gasteiger partial charge in [0.1, 0.15) is 11.9 Å². The lowest BCUT2D eigenvalue weighted by Gasteiger charge is -2.23. The van der Waals surface area contributed by atoms with Gasteiger partial charge in [-0.25, -0.2) is 0 Å². The topological polar surface area (TPSA) is 54.7 Å². The molecule has 5 nitrogen and oxygen atoms in total. The number of rotatable bonds is 5. The standard InChI is InChI=1S/C13H20N2O3/c1-15(2)10(11-5-3-7-17-11)9-14-13(16)12-6-4-8-18-12/h3,5,7,10,12H,4,6,8-9H2,1-2H3,(H,14,16)/t10-,12+/m0/s1. The van der Waals surface area contributed by atoms with E-state index in [4.69, 9.17) is 9.15 Å². The van der Waals surface area contributed by atoms with Gasteiger partial charge >= 0.3 is 0 Å². The van der Waals surface area contributed by atoms with Crippen LogP contribution >= 0.6 is 0 Å². The molecule has 2 rings (SSSR count). The Kier molecular flexibility index (Phi) is 4.38. The van der Waals surface area contributed by atoms with Crippen LogP contribution in [0.5, 0.6) is 0 Å². The highest BCUT2D eigenvalue weighted by molar-refractivity contribution is 5.80. The molecule has 1 aromatic rings. The first-order valence-corrected chi connectivity index (χ1v) is 6.27. The number of hydrogen-bond donors (Lipinski definition) is 1. The van der Waals surface area contributed by atoms with Crippen LogP contribution in [0.15, 0.2) is 22.8 Å². The van der Waals surface area contributed by atoms with E-state index in [-0.39, 0.29) is 18.1 Å². The number of carbonyl (C=O) groups excluding carboxylic acids is 1. The normalized spacial score (nSPS) is 21.2. The average Bonchev–Trinajstić information content (AvgIpc) is 3.01. The summed E-state index contributed by atoms with van der Waals surface area (Å²) in [5.41, 5.74) is 0.